The molecule has 0 radical (unpaired) electrons. The number of halogens is 3. The second-order valence-electron chi connectivity index (χ2n) is 6.92. The number of benzene rings is 3. The van der Waals surface area contributed by atoms with Gasteiger partial charge < -0.3 is 10.4 Å². The lowest BCUT2D eigenvalue weighted by atomic mass is 10.0. The topological polar surface area (TPSA) is 77.4 Å². The summed E-state index contributed by atoms with van der Waals surface area (Å²) in [4.78, 5) is 3.68. The largest absolute Gasteiger partial charge is 0.846 e. The number of alkyl halides is 3. The normalized spacial score (nSPS) is 12.0. The molecule has 1 N–H and O–H groups in total. The number of nitrogens with one attached hydrogen (secondary N) is 1. The summed E-state index contributed by atoms with van der Waals surface area (Å²) in [5.74, 6) is -0.0737. The summed E-state index contributed by atoms with van der Waals surface area (Å²) in [6, 6.07) is 21.3. The molecule has 0 unspecified atom stereocenters. The van der Waals surface area contributed by atoms with Crippen molar-refractivity contribution in [3.8, 4) is 11.1 Å². The molecule has 0 aliphatic rings. The zero-order valence-electron chi connectivity index (χ0n) is 16.6. The summed E-state index contributed by atoms with van der Waals surface area (Å²) >= 11 is 0. The monoisotopic (exact) mass is 438 g/mol. The molecule has 1 aromatic heterocycles. The molecule has 6 nitrogen and oxygen atoms in total. The Hall–Kier alpha value is -4.14. The van der Waals surface area contributed by atoms with Gasteiger partial charge in [-0.25, -0.2) is 4.99 Å². The van der Waals surface area contributed by atoms with Gasteiger partial charge in [0.25, 0.3) is 6.20 Å². The minimum Gasteiger partial charge on any atom is -0.846 e. The van der Waals surface area contributed by atoms with Crippen molar-refractivity contribution in [2.45, 2.75) is 12.7 Å². The Kier molecular flexibility index (Phi) is 5.89. The quantitative estimate of drug-likeness (QED) is 0.288. The van der Waals surface area contributed by atoms with E-state index in [-0.39, 0.29) is 11.6 Å². The average molecular weight is 438 g/mol. The van der Waals surface area contributed by atoms with Crippen molar-refractivity contribution in [2.24, 2.45) is 4.99 Å². The van der Waals surface area contributed by atoms with E-state index in [2.05, 4.69) is 15.6 Å². The molecule has 0 fully saturated rings. The molecular formula is C23H17F3N4O2. The Bertz CT molecular complexity index is 1220. The van der Waals surface area contributed by atoms with Crippen LogP contribution in [0.25, 0.3) is 11.1 Å². The maximum atomic E-state index is 12.8. The lowest BCUT2D eigenvalue weighted by Crippen LogP contribution is -2.35. The highest BCUT2D eigenvalue weighted by Crippen LogP contribution is 2.30. The maximum absolute atomic E-state index is 12.8. The number of aromatic nitrogens is 2. The third kappa shape index (κ3) is 5.31. The van der Waals surface area contributed by atoms with Crippen molar-refractivity contribution in [2.75, 3.05) is 5.32 Å². The van der Waals surface area contributed by atoms with Crippen LogP contribution in [0.4, 0.5) is 24.7 Å². The number of hydrogen-bond donors (Lipinski definition) is 1. The minimum absolute atomic E-state index is 0.0283. The molecule has 0 atom stereocenters. The van der Waals surface area contributed by atoms with Crippen LogP contribution in [0.2, 0.25) is 0 Å². The van der Waals surface area contributed by atoms with Crippen molar-refractivity contribution >= 4 is 17.6 Å². The van der Waals surface area contributed by atoms with Gasteiger partial charge in [0, 0.05) is 11.3 Å². The van der Waals surface area contributed by atoms with Crippen LogP contribution in [-0.2, 0) is 12.7 Å². The third-order valence-corrected chi connectivity index (χ3v) is 4.56. The first-order valence-corrected chi connectivity index (χ1v) is 9.58. The summed E-state index contributed by atoms with van der Waals surface area (Å²) in [5, 5.41) is 18.1. The fourth-order valence-corrected chi connectivity index (χ4v) is 3.04. The lowest BCUT2D eigenvalue weighted by Gasteiger charge is -2.14. The van der Waals surface area contributed by atoms with Gasteiger partial charge in [0.05, 0.1) is 11.6 Å². The molecule has 32 heavy (non-hydrogen) atoms. The standard InChI is InChI=1S/C23H17F3N4O2/c24-23(25,26)19-7-4-8-20(13-19)27-22(31)28-21-15-30(29-32-21)14-16-9-11-18(12-10-16)17-5-2-1-3-6-17/h1-13,15H,14H2,(H-,27,28,29,31). The Morgan fingerprint density at radius 1 is 0.969 bits per heavy atom. The van der Waals surface area contributed by atoms with Gasteiger partial charge in [0.15, 0.2) is 0 Å². The first-order valence-electron chi connectivity index (χ1n) is 9.58. The van der Waals surface area contributed by atoms with Crippen molar-refractivity contribution < 1.29 is 27.5 Å². The summed E-state index contributed by atoms with van der Waals surface area (Å²) in [6.45, 7) is 0.392. The molecule has 1 heterocycles. The van der Waals surface area contributed by atoms with E-state index in [0.717, 1.165) is 28.8 Å². The molecule has 3 aromatic carbocycles. The van der Waals surface area contributed by atoms with E-state index in [0.29, 0.717) is 6.54 Å². The predicted octanol–water partition coefficient (Wildman–Crippen LogP) is 4.16. The smallest absolute Gasteiger partial charge is 0.416 e. The second-order valence-corrected chi connectivity index (χ2v) is 6.92. The molecule has 4 aromatic rings. The number of amidine groups is 1. The summed E-state index contributed by atoms with van der Waals surface area (Å²) in [6.07, 6.45) is -3.08. The van der Waals surface area contributed by atoms with Crippen LogP contribution >= 0.6 is 0 Å². The van der Waals surface area contributed by atoms with Crippen LogP contribution in [0.15, 0.2) is 94.6 Å². The number of aliphatic imine (C=N–C) groups is 1. The summed E-state index contributed by atoms with van der Waals surface area (Å²) in [5.41, 5.74) is 2.26. The summed E-state index contributed by atoms with van der Waals surface area (Å²) < 4.78 is 44.8. The highest BCUT2D eigenvalue weighted by molar-refractivity contribution is 5.87. The average Bonchev–Trinajstić information content (AvgIpc) is 3.21. The molecule has 0 aliphatic heterocycles. The van der Waals surface area contributed by atoms with Crippen LogP contribution < -0.4 is 15.1 Å². The van der Waals surface area contributed by atoms with Gasteiger partial charge in [0.2, 0.25) is 11.8 Å². The van der Waals surface area contributed by atoms with Crippen LogP contribution in [0, 0.1) is 0 Å². The maximum Gasteiger partial charge on any atom is 0.416 e. The number of rotatable bonds is 5. The second kappa shape index (κ2) is 8.93. The van der Waals surface area contributed by atoms with Crippen LogP contribution in [0.3, 0.4) is 0 Å². The number of anilines is 1. The number of hydrogen-bond acceptors (Lipinski definition) is 4. The van der Waals surface area contributed by atoms with Crippen molar-refractivity contribution in [3.05, 3.63) is 96.2 Å². The van der Waals surface area contributed by atoms with Gasteiger partial charge >= 0.3 is 12.1 Å². The van der Waals surface area contributed by atoms with Gasteiger partial charge in [-0.1, -0.05) is 60.7 Å². The molecule has 162 valence electrons. The van der Waals surface area contributed by atoms with Crippen molar-refractivity contribution in [1.82, 2.24) is 5.27 Å². The minimum atomic E-state index is -4.51. The molecule has 0 amide bonds. The fourth-order valence-electron chi connectivity index (χ4n) is 3.04. The zero-order valence-corrected chi connectivity index (χ0v) is 16.6. The van der Waals surface area contributed by atoms with Crippen LogP contribution in [-0.4, -0.2) is 11.3 Å². The van der Waals surface area contributed by atoms with E-state index >= 15 is 0 Å². The molecule has 4 rings (SSSR count). The molecule has 0 saturated heterocycles. The molecular weight excluding hydrogens is 421 g/mol. The van der Waals surface area contributed by atoms with E-state index < -0.39 is 17.8 Å². The van der Waals surface area contributed by atoms with Crippen LogP contribution in [0.1, 0.15) is 11.1 Å². The Morgan fingerprint density at radius 3 is 2.41 bits per heavy atom. The Labute approximate surface area is 181 Å². The first kappa shape index (κ1) is 21.1. The molecule has 0 aliphatic carbocycles. The van der Waals surface area contributed by atoms with E-state index in [9.17, 15) is 18.3 Å². The molecule has 0 bridgehead atoms. The van der Waals surface area contributed by atoms with E-state index in [4.69, 9.17) is 4.52 Å². The van der Waals surface area contributed by atoms with Crippen molar-refractivity contribution in [3.63, 3.8) is 0 Å². The zero-order chi connectivity index (χ0) is 22.6. The van der Waals surface area contributed by atoms with Crippen molar-refractivity contribution in [1.29, 1.82) is 0 Å². The molecule has 9 heteroatoms. The SMILES string of the molecule is [O-]/C(=N\c1c[n+](Cc2ccc(-c3ccccc3)cc2)no1)Nc1cccc(C(F)(F)F)c1. The fraction of sp³-hybridized carbons (Fsp3) is 0.0870. The van der Waals surface area contributed by atoms with Gasteiger partial charge in [-0.15, -0.1) is 0 Å². The third-order valence-electron chi connectivity index (χ3n) is 4.56. The van der Waals surface area contributed by atoms with Crippen LogP contribution in [0.5, 0.6) is 0 Å². The van der Waals surface area contributed by atoms with Gasteiger partial charge in [0.1, 0.15) is 0 Å². The van der Waals surface area contributed by atoms with E-state index in [1.807, 2.05) is 54.6 Å². The van der Waals surface area contributed by atoms with E-state index in [1.165, 1.54) is 23.0 Å². The Balaban J connectivity index is 1.41. The molecule has 0 saturated carbocycles. The lowest BCUT2D eigenvalue weighted by molar-refractivity contribution is -0.754. The Morgan fingerprint density at radius 2 is 1.69 bits per heavy atom. The van der Waals surface area contributed by atoms with Gasteiger partial charge in [-0.2, -0.15) is 13.2 Å². The van der Waals surface area contributed by atoms with Gasteiger partial charge in [-0.05, 0) is 34.0 Å². The highest BCUT2D eigenvalue weighted by Gasteiger charge is 2.30. The summed E-state index contributed by atoms with van der Waals surface area (Å²) in [7, 11) is 0. The predicted molar refractivity (Wildman–Crippen MR) is 110 cm³/mol. The first-order chi connectivity index (χ1) is 15.4. The number of nitrogens with zero attached hydrogens (tertiary/aromatic N) is 3. The highest BCUT2D eigenvalue weighted by atomic mass is 19.4. The van der Waals surface area contributed by atoms with E-state index in [1.54, 1.807) is 0 Å². The van der Waals surface area contributed by atoms with Gasteiger partial charge in [-0.3, -0.25) is 4.52 Å². The molecule has 0 spiro atoms.